The molecule has 0 unspecified atom stereocenters. The van der Waals surface area contributed by atoms with Crippen LogP contribution in [0.5, 0.6) is 0 Å². The van der Waals surface area contributed by atoms with Crippen LogP contribution in [0.1, 0.15) is 25.0 Å². The summed E-state index contributed by atoms with van der Waals surface area (Å²) in [6, 6.07) is 40.9. The van der Waals surface area contributed by atoms with Gasteiger partial charge in [0.05, 0.1) is 21.6 Å². The van der Waals surface area contributed by atoms with Gasteiger partial charge in [-0.1, -0.05) is 111 Å². The Kier molecular flexibility index (Phi) is 5.28. The Morgan fingerprint density at radius 2 is 1.19 bits per heavy atom. The van der Waals surface area contributed by atoms with Gasteiger partial charge in [0.2, 0.25) is 0 Å². The van der Waals surface area contributed by atoms with Gasteiger partial charge in [-0.05, 0) is 23.8 Å². The minimum Gasteiger partial charge on any atom is -0.236 e. The lowest BCUT2D eigenvalue weighted by atomic mass is 9.80. The number of aromatic nitrogens is 3. The molecule has 3 heterocycles. The Hall–Kier alpha value is -4.71. The Balaban J connectivity index is 1.27. The first-order valence-electron chi connectivity index (χ1n) is 14.5. The van der Waals surface area contributed by atoms with Gasteiger partial charge in [0, 0.05) is 53.4 Å². The molecular weight excluding hydrogens is 563 g/mol. The first-order valence-corrected chi connectivity index (χ1v) is 16.1. The molecule has 0 atom stereocenters. The number of rotatable bonds is 3. The van der Waals surface area contributed by atoms with Gasteiger partial charge >= 0.3 is 0 Å². The molecule has 3 nitrogen and oxygen atoms in total. The molecule has 1 aliphatic rings. The molecule has 0 radical (unpaired) electrons. The van der Waals surface area contributed by atoms with Crippen LogP contribution in [0.2, 0.25) is 0 Å². The van der Waals surface area contributed by atoms with Gasteiger partial charge in [0.25, 0.3) is 0 Å². The molecular formula is C38H25N3S2. The molecule has 0 bridgehead atoms. The number of nitrogens with zero attached hydrogens (tertiary/aromatic N) is 3. The van der Waals surface area contributed by atoms with Crippen LogP contribution >= 0.6 is 22.7 Å². The average Bonchev–Trinajstić information content (AvgIpc) is 3.72. The van der Waals surface area contributed by atoms with Gasteiger partial charge < -0.3 is 0 Å². The standard InChI is InChI=1S/C38H25N3S2/c1-38(2)28-14-5-3-11-26(28)33-32(38)34(27-13-9-12-25-24-10-4-7-16-30(24)42-35(25)27)41-36(40-33)22-18-20-23(21-19-22)37-39-29-15-6-8-17-31(29)43-37/h3-21H,1-2H3. The first kappa shape index (κ1) is 24.8. The molecule has 0 saturated heterocycles. The Morgan fingerprint density at radius 1 is 0.535 bits per heavy atom. The van der Waals surface area contributed by atoms with Crippen LogP contribution in [0.3, 0.4) is 0 Å². The second kappa shape index (κ2) is 9.14. The lowest BCUT2D eigenvalue weighted by Gasteiger charge is -2.24. The summed E-state index contributed by atoms with van der Waals surface area (Å²) in [6.45, 7) is 4.62. The average molecular weight is 588 g/mol. The Bertz CT molecular complexity index is 2340. The van der Waals surface area contributed by atoms with Crippen molar-refractivity contribution in [2.24, 2.45) is 0 Å². The maximum absolute atomic E-state index is 5.40. The van der Waals surface area contributed by atoms with E-state index in [0.29, 0.717) is 0 Å². The number of thiazole rings is 1. The van der Waals surface area contributed by atoms with Crippen LogP contribution in [0.4, 0.5) is 0 Å². The van der Waals surface area contributed by atoms with Crippen LogP contribution in [0.15, 0.2) is 115 Å². The van der Waals surface area contributed by atoms with Crippen molar-refractivity contribution in [3.8, 4) is 44.5 Å². The van der Waals surface area contributed by atoms with Crippen molar-refractivity contribution in [2.75, 3.05) is 0 Å². The number of para-hydroxylation sites is 1. The fraction of sp³-hybridized carbons (Fsp3) is 0.0789. The van der Waals surface area contributed by atoms with Gasteiger partial charge in [0.15, 0.2) is 5.82 Å². The normalized spacial score (nSPS) is 13.5. The molecule has 0 N–H and O–H groups in total. The highest BCUT2D eigenvalue weighted by Gasteiger charge is 2.40. The molecule has 0 amide bonds. The van der Waals surface area contributed by atoms with Crippen LogP contribution in [0, 0.1) is 0 Å². The summed E-state index contributed by atoms with van der Waals surface area (Å²) in [5.41, 5.74) is 9.84. The van der Waals surface area contributed by atoms with E-state index in [9.17, 15) is 0 Å². The minimum atomic E-state index is -0.227. The molecule has 43 heavy (non-hydrogen) atoms. The maximum atomic E-state index is 5.40. The number of hydrogen-bond acceptors (Lipinski definition) is 5. The van der Waals surface area contributed by atoms with Gasteiger partial charge in [-0.2, -0.15) is 0 Å². The minimum absolute atomic E-state index is 0.227. The molecule has 0 saturated carbocycles. The molecule has 8 aromatic rings. The highest BCUT2D eigenvalue weighted by molar-refractivity contribution is 7.26. The van der Waals surface area contributed by atoms with E-state index in [-0.39, 0.29) is 5.41 Å². The topological polar surface area (TPSA) is 38.7 Å². The van der Waals surface area contributed by atoms with Crippen LogP contribution < -0.4 is 0 Å². The highest BCUT2D eigenvalue weighted by atomic mass is 32.1. The molecule has 204 valence electrons. The second-order valence-corrected chi connectivity index (χ2v) is 13.7. The largest absolute Gasteiger partial charge is 0.236 e. The highest BCUT2D eigenvalue weighted by Crippen LogP contribution is 2.52. The zero-order valence-electron chi connectivity index (χ0n) is 23.6. The van der Waals surface area contributed by atoms with E-state index in [2.05, 4.69) is 123 Å². The van der Waals surface area contributed by atoms with E-state index in [1.807, 2.05) is 17.4 Å². The molecule has 3 aromatic heterocycles. The van der Waals surface area contributed by atoms with Crippen LogP contribution in [-0.4, -0.2) is 15.0 Å². The van der Waals surface area contributed by atoms with E-state index in [1.165, 1.54) is 47.1 Å². The number of thiophene rings is 1. The number of benzene rings is 5. The number of hydrogen-bond donors (Lipinski definition) is 0. The molecule has 9 rings (SSSR count). The van der Waals surface area contributed by atoms with Gasteiger partial charge in [-0.15, -0.1) is 22.7 Å². The lowest BCUT2D eigenvalue weighted by molar-refractivity contribution is 0.658. The van der Waals surface area contributed by atoms with Crippen molar-refractivity contribution in [1.29, 1.82) is 0 Å². The van der Waals surface area contributed by atoms with Crippen molar-refractivity contribution >= 4 is 53.1 Å². The predicted molar refractivity (Wildman–Crippen MR) is 182 cm³/mol. The first-order chi connectivity index (χ1) is 21.1. The summed E-state index contributed by atoms with van der Waals surface area (Å²) < 4.78 is 3.77. The van der Waals surface area contributed by atoms with Gasteiger partial charge in [-0.3, -0.25) is 0 Å². The molecule has 0 fully saturated rings. The van der Waals surface area contributed by atoms with Crippen molar-refractivity contribution in [3.05, 3.63) is 126 Å². The summed E-state index contributed by atoms with van der Waals surface area (Å²) in [7, 11) is 0. The van der Waals surface area contributed by atoms with E-state index in [4.69, 9.17) is 15.0 Å². The summed E-state index contributed by atoms with van der Waals surface area (Å²) in [5, 5.41) is 3.60. The van der Waals surface area contributed by atoms with Crippen LogP contribution in [0.25, 0.3) is 74.9 Å². The second-order valence-electron chi connectivity index (χ2n) is 11.6. The molecule has 1 aliphatic carbocycles. The maximum Gasteiger partial charge on any atom is 0.160 e. The number of fused-ring (bicyclic) bond motifs is 7. The Labute approximate surface area is 257 Å². The van der Waals surface area contributed by atoms with E-state index >= 15 is 0 Å². The zero-order chi connectivity index (χ0) is 28.7. The third-order valence-corrected chi connectivity index (χ3v) is 11.0. The van der Waals surface area contributed by atoms with Crippen molar-refractivity contribution in [2.45, 2.75) is 19.3 Å². The third-order valence-electron chi connectivity index (χ3n) is 8.73. The summed E-state index contributed by atoms with van der Waals surface area (Å²) in [5.74, 6) is 0.746. The lowest BCUT2D eigenvalue weighted by Crippen LogP contribution is -2.17. The summed E-state index contributed by atoms with van der Waals surface area (Å²) in [4.78, 5) is 15.6. The van der Waals surface area contributed by atoms with Crippen molar-refractivity contribution in [1.82, 2.24) is 15.0 Å². The fourth-order valence-electron chi connectivity index (χ4n) is 6.63. The molecule has 5 heteroatoms. The molecule has 0 aliphatic heterocycles. The quantitative estimate of drug-likeness (QED) is 0.206. The van der Waals surface area contributed by atoms with E-state index in [0.717, 1.165) is 38.9 Å². The van der Waals surface area contributed by atoms with Gasteiger partial charge in [0.1, 0.15) is 5.01 Å². The molecule has 5 aromatic carbocycles. The smallest absolute Gasteiger partial charge is 0.160 e. The van der Waals surface area contributed by atoms with Gasteiger partial charge in [-0.25, -0.2) is 15.0 Å². The third kappa shape index (κ3) is 3.68. The van der Waals surface area contributed by atoms with Crippen LogP contribution in [-0.2, 0) is 5.41 Å². The predicted octanol–water partition coefficient (Wildman–Crippen LogP) is 10.8. The van der Waals surface area contributed by atoms with Crippen molar-refractivity contribution < 1.29 is 0 Å². The Morgan fingerprint density at radius 3 is 2.02 bits per heavy atom. The molecule has 0 spiro atoms. The summed E-state index contributed by atoms with van der Waals surface area (Å²) in [6.07, 6.45) is 0. The SMILES string of the molecule is CC1(C)c2ccccc2-c2nc(-c3ccc(-c4nc5ccccc5s4)cc3)nc(-c3cccc4c3sc3ccccc34)c21. The summed E-state index contributed by atoms with van der Waals surface area (Å²) >= 11 is 3.57. The monoisotopic (exact) mass is 587 g/mol. The van der Waals surface area contributed by atoms with E-state index in [1.54, 1.807) is 11.3 Å². The van der Waals surface area contributed by atoms with E-state index < -0.39 is 0 Å². The fourth-order valence-corrected chi connectivity index (χ4v) is 8.82. The zero-order valence-corrected chi connectivity index (χ0v) is 25.3. The van der Waals surface area contributed by atoms with Crippen molar-refractivity contribution in [3.63, 3.8) is 0 Å².